The van der Waals surface area contributed by atoms with Gasteiger partial charge in [-0.05, 0) is 51.4 Å². The van der Waals surface area contributed by atoms with Gasteiger partial charge in [0.2, 0.25) is 5.95 Å². The number of anilines is 3. The van der Waals surface area contributed by atoms with E-state index in [0.29, 0.717) is 36.8 Å². The van der Waals surface area contributed by atoms with E-state index in [1.165, 1.54) is 24.5 Å². The van der Waals surface area contributed by atoms with Gasteiger partial charge in [-0.3, -0.25) is 4.79 Å². The largest absolute Gasteiger partial charge is 0.417 e. The van der Waals surface area contributed by atoms with Crippen molar-refractivity contribution in [2.24, 2.45) is 0 Å². The van der Waals surface area contributed by atoms with Gasteiger partial charge in [0.15, 0.2) is 0 Å². The van der Waals surface area contributed by atoms with Crippen molar-refractivity contribution >= 4 is 23.2 Å². The van der Waals surface area contributed by atoms with Gasteiger partial charge in [-0.1, -0.05) is 0 Å². The summed E-state index contributed by atoms with van der Waals surface area (Å²) in [5.74, 6) is -2.29. The summed E-state index contributed by atoms with van der Waals surface area (Å²) in [6.07, 6.45) is -1.98. The topological polar surface area (TPSA) is 67.8 Å². The van der Waals surface area contributed by atoms with Crippen LogP contribution in [0.4, 0.5) is 39.3 Å². The summed E-state index contributed by atoms with van der Waals surface area (Å²) in [6.45, 7) is 6.90. The number of carbonyl (C=O) groups is 1. The van der Waals surface area contributed by atoms with Crippen LogP contribution in [0.2, 0.25) is 0 Å². The molecule has 0 spiro atoms. The van der Waals surface area contributed by atoms with Gasteiger partial charge < -0.3 is 24.9 Å². The molecule has 1 N–H and O–H groups in total. The number of aromatic nitrogens is 2. The van der Waals surface area contributed by atoms with Crippen LogP contribution in [0.1, 0.15) is 22.8 Å². The molecule has 3 aromatic rings. The fourth-order valence-electron chi connectivity index (χ4n) is 5.18. The van der Waals surface area contributed by atoms with E-state index in [4.69, 9.17) is 0 Å². The molecule has 2 aliphatic heterocycles. The Hall–Kier alpha value is -3.84. The van der Waals surface area contributed by atoms with Crippen molar-refractivity contribution in [1.82, 2.24) is 19.8 Å². The third kappa shape index (κ3) is 6.31. The number of benzene rings is 2. The lowest BCUT2D eigenvalue weighted by molar-refractivity contribution is -0.138. The Labute approximate surface area is 240 Å². The average molecular weight is 590 g/mol. The highest BCUT2D eigenvalue weighted by atomic mass is 19.4. The molecule has 0 unspecified atom stereocenters. The predicted molar refractivity (Wildman–Crippen MR) is 151 cm³/mol. The van der Waals surface area contributed by atoms with Crippen LogP contribution in [0.25, 0.3) is 11.1 Å². The molecule has 42 heavy (non-hydrogen) atoms. The van der Waals surface area contributed by atoms with Crippen LogP contribution in [-0.2, 0) is 6.18 Å². The summed E-state index contributed by atoms with van der Waals surface area (Å²) in [7, 11) is 4.00. The maximum atomic E-state index is 15.7. The van der Waals surface area contributed by atoms with Crippen molar-refractivity contribution in [3.63, 3.8) is 0 Å². The van der Waals surface area contributed by atoms with Crippen LogP contribution >= 0.6 is 0 Å². The SMILES string of the molecule is C[C@H]1CN(c2cc(F)c(-c3cnc(N4CCN(C)CC4)nc3)cc2NC(=O)c2ccc(F)cc2C(F)(F)F)CCN1C. The first kappa shape index (κ1) is 29.6. The molecule has 0 radical (unpaired) electrons. The van der Waals surface area contributed by atoms with Crippen molar-refractivity contribution in [1.29, 1.82) is 0 Å². The number of hydrogen-bond acceptors (Lipinski definition) is 7. The fourth-order valence-corrected chi connectivity index (χ4v) is 5.18. The van der Waals surface area contributed by atoms with E-state index in [1.54, 1.807) is 0 Å². The molecular weight excluding hydrogens is 557 g/mol. The van der Waals surface area contributed by atoms with Gasteiger partial charge in [0.1, 0.15) is 11.6 Å². The molecule has 3 heterocycles. The van der Waals surface area contributed by atoms with Crippen LogP contribution in [0.3, 0.4) is 0 Å². The van der Waals surface area contributed by atoms with Crippen LogP contribution in [0.5, 0.6) is 0 Å². The first-order valence-electron chi connectivity index (χ1n) is 13.6. The van der Waals surface area contributed by atoms with E-state index in [0.717, 1.165) is 38.3 Å². The second kappa shape index (κ2) is 11.8. The molecule has 2 aromatic carbocycles. The molecule has 2 saturated heterocycles. The fraction of sp³-hybridized carbons (Fsp3) is 0.414. The lowest BCUT2D eigenvalue weighted by Gasteiger charge is -2.39. The molecule has 1 amide bonds. The maximum Gasteiger partial charge on any atom is 0.417 e. The number of nitrogens with zero attached hydrogens (tertiary/aromatic N) is 6. The van der Waals surface area contributed by atoms with Crippen LogP contribution < -0.4 is 15.1 Å². The normalized spacial score (nSPS) is 18.8. The number of nitrogens with one attached hydrogen (secondary N) is 1. The number of rotatable bonds is 5. The smallest absolute Gasteiger partial charge is 0.367 e. The summed E-state index contributed by atoms with van der Waals surface area (Å²) in [4.78, 5) is 30.3. The molecule has 0 saturated carbocycles. The molecule has 8 nitrogen and oxygen atoms in total. The van der Waals surface area contributed by atoms with Gasteiger partial charge in [-0.2, -0.15) is 13.2 Å². The monoisotopic (exact) mass is 589 g/mol. The highest BCUT2D eigenvalue weighted by Crippen LogP contribution is 2.37. The second-order valence-corrected chi connectivity index (χ2v) is 10.8. The molecule has 5 rings (SSSR count). The number of piperazine rings is 2. The molecule has 0 aliphatic carbocycles. The predicted octanol–water partition coefficient (Wildman–Crippen LogP) is 4.59. The minimum Gasteiger partial charge on any atom is -0.367 e. The number of likely N-dealkylation sites (N-methyl/N-ethyl adjacent to an activating group) is 2. The van der Waals surface area contributed by atoms with Gasteiger partial charge in [0.25, 0.3) is 5.91 Å². The van der Waals surface area contributed by atoms with Gasteiger partial charge >= 0.3 is 6.18 Å². The highest BCUT2D eigenvalue weighted by Gasteiger charge is 2.36. The van der Waals surface area contributed by atoms with Crippen molar-refractivity contribution in [2.75, 3.05) is 75.0 Å². The zero-order chi connectivity index (χ0) is 30.2. The molecule has 0 bridgehead atoms. The Morgan fingerprint density at radius 3 is 2.24 bits per heavy atom. The van der Waals surface area contributed by atoms with E-state index in [9.17, 15) is 22.4 Å². The van der Waals surface area contributed by atoms with Crippen LogP contribution in [0.15, 0.2) is 42.7 Å². The molecule has 2 aliphatic rings. The number of hydrogen-bond donors (Lipinski definition) is 1. The van der Waals surface area contributed by atoms with E-state index in [-0.39, 0.29) is 23.4 Å². The minimum atomic E-state index is -4.96. The Bertz CT molecular complexity index is 1440. The summed E-state index contributed by atoms with van der Waals surface area (Å²) in [5.41, 5.74) is -1.27. The van der Waals surface area contributed by atoms with E-state index < -0.39 is 34.8 Å². The van der Waals surface area contributed by atoms with Crippen molar-refractivity contribution < 1.29 is 26.7 Å². The molecule has 224 valence electrons. The Morgan fingerprint density at radius 2 is 1.60 bits per heavy atom. The molecular formula is C29H32F5N7O. The average Bonchev–Trinajstić information content (AvgIpc) is 2.95. The lowest BCUT2D eigenvalue weighted by atomic mass is 10.0. The van der Waals surface area contributed by atoms with E-state index in [1.807, 2.05) is 30.8 Å². The quantitative estimate of drug-likeness (QED) is 0.437. The van der Waals surface area contributed by atoms with Crippen LogP contribution in [-0.4, -0.2) is 91.6 Å². The van der Waals surface area contributed by atoms with E-state index >= 15 is 4.39 Å². The van der Waals surface area contributed by atoms with Gasteiger partial charge in [0, 0.05) is 75.4 Å². The van der Waals surface area contributed by atoms with Crippen molar-refractivity contribution in [3.8, 4) is 11.1 Å². The van der Waals surface area contributed by atoms with Gasteiger partial charge in [-0.25, -0.2) is 18.7 Å². The highest BCUT2D eigenvalue weighted by molar-refractivity contribution is 6.07. The van der Waals surface area contributed by atoms with Crippen LogP contribution in [0, 0.1) is 11.6 Å². The first-order valence-corrected chi connectivity index (χ1v) is 13.6. The molecule has 1 aromatic heterocycles. The van der Waals surface area contributed by atoms with Gasteiger partial charge in [-0.15, -0.1) is 0 Å². The Balaban J connectivity index is 1.51. The Morgan fingerprint density at radius 1 is 0.929 bits per heavy atom. The third-order valence-electron chi connectivity index (χ3n) is 7.90. The van der Waals surface area contributed by atoms with Crippen molar-refractivity contribution in [3.05, 3.63) is 65.5 Å². The summed E-state index contributed by atoms with van der Waals surface area (Å²) in [6, 6.07) is 4.63. The number of carbonyl (C=O) groups excluding carboxylic acids is 1. The summed E-state index contributed by atoms with van der Waals surface area (Å²) >= 11 is 0. The van der Waals surface area contributed by atoms with E-state index in [2.05, 4.69) is 25.1 Å². The first-order chi connectivity index (χ1) is 19.9. The number of halogens is 5. The zero-order valence-electron chi connectivity index (χ0n) is 23.5. The molecule has 2 fully saturated rings. The Kier molecular flexibility index (Phi) is 8.33. The second-order valence-electron chi connectivity index (χ2n) is 10.8. The zero-order valence-corrected chi connectivity index (χ0v) is 23.5. The molecule has 13 heteroatoms. The summed E-state index contributed by atoms with van der Waals surface area (Å²) in [5, 5.41) is 2.55. The minimum absolute atomic E-state index is 0.0799. The standard InChI is InChI=1S/C29H32F5N7O/c1-18-17-41(11-8-39(18)3)26-14-24(31)22(19-15-35-28(36-16-19)40-9-6-38(2)7-10-40)13-25(26)37-27(42)21-5-4-20(30)12-23(21)29(32,33)34/h4-5,12-16,18H,6-11,17H2,1-3H3,(H,37,42)/t18-/m0/s1. The maximum absolute atomic E-state index is 15.7. The lowest BCUT2D eigenvalue weighted by Crippen LogP contribution is -2.50. The third-order valence-corrected chi connectivity index (χ3v) is 7.90. The number of alkyl halides is 3. The summed E-state index contributed by atoms with van der Waals surface area (Å²) < 4.78 is 70.4. The van der Waals surface area contributed by atoms with Gasteiger partial charge in [0.05, 0.1) is 22.5 Å². The number of amides is 1. The van der Waals surface area contributed by atoms with Crippen molar-refractivity contribution in [2.45, 2.75) is 19.1 Å². The molecule has 1 atom stereocenters.